The number of carbonyl (C=O) groups excluding carboxylic acids is 1. The zero-order valence-electron chi connectivity index (χ0n) is 16.3. The summed E-state index contributed by atoms with van der Waals surface area (Å²) in [6.45, 7) is 6.18. The first-order valence-corrected chi connectivity index (χ1v) is 9.24. The highest BCUT2D eigenvalue weighted by Gasteiger charge is 2.29. The Balaban J connectivity index is 1.85. The zero-order valence-corrected chi connectivity index (χ0v) is 16.3. The predicted molar refractivity (Wildman–Crippen MR) is 106 cm³/mol. The summed E-state index contributed by atoms with van der Waals surface area (Å²) in [6, 6.07) is 10.5. The summed E-state index contributed by atoms with van der Waals surface area (Å²) in [5, 5.41) is 4.06. The van der Waals surface area contributed by atoms with E-state index >= 15 is 0 Å². The van der Waals surface area contributed by atoms with Gasteiger partial charge in [-0.3, -0.25) is 4.79 Å². The minimum absolute atomic E-state index is 0.187. The maximum Gasteiger partial charge on any atom is 0.253 e. The highest BCUT2D eigenvalue weighted by molar-refractivity contribution is 5.97. The molecule has 142 valence electrons. The van der Waals surface area contributed by atoms with Crippen LogP contribution in [-0.4, -0.2) is 21.0 Å². The van der Waals surface area contributed by atoms with Crippen LogP contribution in [0.4, 0.5) is 4.39 Å². The quantitative estimate of drug-likeness (QED) is 0.698. The molecule has 3 rings (SSSR count). The molecule has 1 aromatic carbocycles. The SMILES string of the molecule is CC(C)CC(C)(Cc1ccccc1F)NC(=O)c1cnc2c(ccn2C)c1. The van der Waals surface area contributed by atoms with Gasteiger partial charge in [0.05, 0.1) is 5.56 Å². The molecule has 0 aliphatic rings. The Bertz CT molecular complexity index is 963. The molecule has 0 saturated carbocycles. The molecular weight excluding hydrogens is 341 g/mol. The Morgan fingerprint density at radius 1 is 1.30 bits per heavy atom. The Hall–Kier alpha value is -2.69. The molecular formula is C22H26FN3O. The summed E-state index contributed by atoms with van der Waals surface area (Å²) in [6.07, 6.45) is 4.69. The van der Waals surface area contributed by atoms with Gasteiger partial charge in [-0.2, -0.15) is 0 Å². The van der Waals surface area contributed by atoms with E-state index in [0.717, 1.165) is 17.5 Å². The van der Waals surface area contributed by atoms with E-state index in [2.05, 4.69) is 24.1 Å². The van der Waals surface area contributed by atoms with Crippen LogP contribution in [0.25, 0.3) is 11.0 Å². The van der Waals surface area contributed by atoms with Crippen LogP contribution in [-0.2, 0) is 13.5 Å². The molecule has 0 fully saturated rings. The minimum Gasteiger partial charge on any atom is -0.346 e. The van der Waals surface area contributed by atoms with E-state index in [0.29, 0.717) is 23.5 Å². The number of aromatic nitrogens is 2. The third kappa shape index (κ3) is 4.35. The molecule has 1 atom stereocenters. The minimum atomic E-state index is -0.556. The zero-order chi connectivity index (χ0) is 19.6. The van der Waals surface area contributed by atoms with Crippen LogP contribution in [0.5, 0.6) is 0 Å². The van der Waals surface area contributed by atoms with E-state index < -0.39 is 5.54 Å². The van der Waals surface area contributed by atoms with Gasteiger partial charge in [-0.15, -0.1) is 0 Å². The molecule has 0 bridgehead atoms. The van der Waals surface area contributed by atoms with Crippen molar-refractivity contribution in [1.29, 1.82) is 0 Å². The molecule has 0 saturated heterocycles. The number of benzene rings is 1. The Morgan fingerprint density at radius 3 is 2.74 bits per heavy atom. The van der Waals surface area contributed by atoms with Gasteiger partial charge in [0.1, 0.15) is 11.5 Å². The van der Waals surface area contributed by atoms with Crippen LogP contribution in [0, 0.1) is 11.7 Å². The molecule has 1 N–H and O–H groups in total. The first-order valence-electron chi connectivity index (χ1n) is 9.24. The van der Waals surface area contributed by atoms with E-state index in [1.807, 2.05) is 42.9 Å². The Kier molecular flexibility index (Phi) is 5.31. The molecule has 5 heteroatoms. The molecule has 1 amide bonds. The molecule has 0 spiro atoms. The highest BCUT2D eigenvalue weighted by Crippen LogP contribution is 2.24. The van der Waals surface area contributed by atoms with Gasteiger partial charge >= 0.3 is 0 Å². The summed E-state index contributed by atoms with van der Waals surface area (Å²) >= 11 is 0. The maximum absolute atomic E-state index is 14.2. The average Bonchev–Trinajstić information content (AvgIpc) is 2.96. The normalized spacial score (nSPS) is 13.7. The van der Waals surface area contributed by atoms with E-state index in [4.69, 9.17) is 0 Å². The smallest absolute Gasteiger partial charge is 0.253 e. The van der Waals surface area contributed by atoms with Crippen molar-refractivity contribution in [3.8, 4) is 0 Å². The summed E-state index contributed by atoms with van der Waals surface area (Å²) in [4.78, 5) is 17.3. The number of rotatable bonds is 6. The molecule has 0 aliphatic carbocycles. The molecule has 0 radical (unpaired) electrons. The lowest BCUT2D eigenvalue weighted by Crippen LogP contribution is -2.48. The molecule has 2 aromatic heterocycles. The topological polar surface area (TPSA) is 46.9 Å². The third-order valence-electron chi connectivity index (χ3n) is 4.78. The van der Waals surface area contributed by atoms with Crippen LogP contribution in [0.3, 0.4) is 0 Å². The highest BCUT2D eigenvalue weighted by atomic mass is 19.1. The van der Waals surface area contributed by atoms with Crippen LogP contribution in [0.15, 0.2) is 48.8 Å². The van der Waals surface area contributed by atoms with E-state index in [1.165, 1.54) is 6.07 Å². The van der Waals surface area contributed by atoms with E-state index in [9.17, 15) is 9.18 Å². The lowest BCUT2D eigenvalue weighted by atomic mass is 9.84. The fourth-order valence-corrected chi connectivity index (χ4v) is 3.76. The predicted octanol–water partition coefficient (Wildman–Crippen LogP) is 4.49. The standard InChI is InChI=1S/C22H26FN3O/c1-15(2)12-22(3,13-17-7-5-6-8-19(17)23)25-21(27)18-11-16-9-10-26(4)20(16)24-14-18/h5-11,14-15H,12-13H2,1-4H3,(H,25,27). The first kappa shape index (κ1) is 19.1. The molecule has 27 heavy (non-hydrogen) atoms. The molecule has 1 unspecified atom stereocenters. The van der Waals surface area contributed by atoms with E-state index in [-0.39, 0.29) is 11.7 Å². The molecule has 3 aromatic rings. The van der Waals surface area contributed by atoms with Gasteiger partial charge in [-0.25, -0.2) is 9.37 Å². The number of amides is 1. The second-order valence-corrected chi connectivity index (χ2v) is 7.94. The molecule has 2 heterocycles. The maximum atomic E-state index is 14.2. The molecule has 0 aliphatic heterocycles. The summed E-state index contributed by atoms with van der Waals surface area (Å²) in [5.41, 5.74) is 1.40. The van der Waals surface area contributed by atoms with Crippen molar-refractivity contribution in [2.75, 3.05) is 0 Å². The van der Waals surface area contributed by atoms with Gasteiger partial charge < -0.3 is 9.88 Å². The Labute approximate surface area is 159 Å². The molecule has 4 nitrogen and oxygen atoms in total. The van der Waals surface area contributed by atoms with E-state index in [1.54, 1.807) is 18.3 Å². The second-order valence-electron chi connectivity index (χ2n) is 7.94. The number of halogens is 1. The van der Waals surface area contributed by atoms with Crippen molar-refractivity contribution in [2.24, 2.45) is 13.0 Å². The number of fused-ring (bicyclic) bond motifs is 1. The summed E-state index contributed by atoms with van der Waals surface area (Å²) < 4.78 is 16.1. The monoisotopic (exact) mass is 367 g/mol. The van der Waals surface area contributed by atoms with Gasteiger partial charge in [-0.05, 0) is 49.4 Å². The van der Waals surface area contributed by atoms with Crippen LogP contribution >= 0.6 is 0 Å². The fraction of sp³-hybridized carbons (Fsp3) is 0.364. The van der Waals surface area contributed by atoms with Crippen molar-refractivity contribution in [3.05, 3.63) is 65.7 Å². The number of nitrogens with zero attached hydrogens (tertiary/aromatic N) is 2. The second kappa shape index (κ2) is 7.51. The largest absolute Gasteiger partial charge is 0.346 e. The summed E-state index contributed by atoms with van der Waals surface area (Å²) in [7, 11) is 1.92. The third-order valence-corrected chi connectivity index (χ3v) is 4.78. The fourth-order valence-electron chi connectivity index (χ4n) is 3.76. The number of hydrogen-bond donors (Lipinski definition) is 1. The van der Waals surface area contributed by atoms with Crippen LogP contribution in [0.1, 0.15) is 43.1 Å². The summed E-state index contributed by atoms with van der Waals surface area (Å²) in [5.74, 6) is -0.0707. The number of nitrogens with one attached hydrogen (secondary N) is 1. The number of hydrogen-bond acceptors (Lipinski definition) is 2. The van der Waals surface area contributed by atoms with Crippen LogP contribution < -0.4 is 5.32 Å². The van der Waals surface area contributed by atoms with Crippen molar-refractivity contribution in [1.82, 2.24) is 14.9 Å². The first-order chi connectivity index (χ1) is 12.8. The lowest BCUT2D eigenvalue weighted by Gasteiger charge is -2.33. The number of pyridine rings is 1. The van der Waals surface area contributed by atoms with Gasteiger partial charge in [0.25, 0.3) is 5.91 Å². The number of carbonyl (C=O) groups is 1. The van der Waals surface area contributed by atoms with Crippen molar-refractivity contribution in [2.45, 2.75) is 39.2 Å². The van der Waals surface area contributed by atoms with Gasteiger partial charge in [0.15, 0.2) is 0 Å². The van der Waals surface area contributed by atoms with Crippen molar-refractivity contribution < 1.29 is 9.18 Å². The average molecular weight is 367 g/mol. The van der Waals surface area contributed by atoms with Crippen molar-refractivity contribution in [3.63, 3.8) is 0 Å². The van der Waals surface area contributed by atoms with Gasteiger partial charge in [0.2, 0.25) is 0 Å². The number of aryl methyl sites for hydroxylation is 1. The van der Waals surface area contributed by atoms with Crippen LogP contribution in [0.2, 0.25) is 0 Å². The lowest BCUT2D eigenvalue weighted by molar-refractivity contribution is 0.0893. The van der Waals surface area contributed by atoms with Gasteiger partial charge in [-0.1, -0.05) is 32.0 Å². The van der Waals surface area contributed by atoms with Gasteiger partial charge in [0, 0.05) is 30.4 Å². The Morgan fingerprint density at radius 2 is 2.04 bits per heavy atom. The van der Waals surface area contributed by atoms with Crippen molar-refractivity contribution >= 4 is 16.9 Å².